The second-order valence-corrected chi connectivity index (χ2v) is 3.84. The van der Waals surface area contributed by atoms with Crippen LogP contribution in [0.4, 0.5) is 0 Å². The van der Waals surface area contributed by atoms with E-state index in [1.807, 2.05) is 6.20 Å². The summed E-state index contributed by atoms with van der Waals surface area (Å²) in [6.45, 7) is 1.94. The highest BCUT2D eigenvalue weighted by Gasteiger charge is 1.98. The third kappa shape index (κ3) is 2.63. The summed E-state index contributed by atoms with van der Waals surface area (Å²) in [5.41, 5.74) is 2.43. The second-order valence-electron chi connectivity index (χ2n) is 3.84. The topological polar surface area (TPSA) is 42.1 Å². The molecule has 0 saturated carbocycles. The van der Waals surface area contributed by atoms with Crippen LogP contribution in [0.5, 0.6) is 0 Å². The van der Waals surface area contributed by atoms with Crippen molar-refractivity contribution in [2.24, 2.45) is 0 Å². The van der Waals surface area contributed by atoms with E-state index >= 15 is 0 Å². The van der Waals surface area contributed by atoms with E-state index in [1.165, 1.54) is 17.9 Å². The van der Waals surface area contributed by atoms with Crippen molar-refractivity contribution in [3.8, 4) is 0 Å². The molecule has 0 aliphatic heterocycles. The van der Waals surface area contributed by atoms with Gasteiger partial charge in [0.2, 0.25) is 0 Å². The molecule has 1 aromatic heterocycles. The number of hydrogen-bond acceptors (Lipinski definition) is 2. The van der Waals surface area contributed by atoms with Gasteiger partial charge in [-0.3, -0.25) is 4.79 Å². The Morgan fingerprint density at radius 1 is 1.38 bits per heavy atom. The number of rotatable bonds is 4. The first kappa shape index (κ1) is 10.7. The van der Waals surface area contributed by atoms with Crippen molar-refractivity contribution in [2.45, 2.75) is 19.8 Å². The molecule has 0 fully saturated rings. The lowest BCUT2D eigenvalue weighted by Crippen LogP contribution is -2.01. The quantitative estimate of drug-likeness (QED) is 0.632. The molecule has 1 aromatic carbocycles. The smallest absolute Gasteiger partial charge is 0.302 e. The number of fused-ring (bicyclic) bond motifs is 1. The zero-order chi connectivity index (χ0) is 11.4. The average molecular weight is 217 g/mol. The first-order valence-corrected chi connectivity index (χ1v) is 5.45. The number of aryl methyl sites for hydroxylation is 1. The predicted octanol–water partition coefficient (Wildman–Crippen LogP) is 2.66. The summed E-state index contributed by atoms with van der Waals surface area (Å²) in [7, 11) is 0. The number of nitrogens with one attached hydrogen (secondary N) is 1. The standard InChI is InChI=1S/C13H15NO2/c1-10(15)16-8-2-3-11-4-5-13-12(9-11)6-7-14-13/h4-7,9,14H,2-3,8H2,1H3. The Hall–Kier alpha value is -1.77. The van der Waals surface area contributed by atoms with Crippen LogP contribution in [0.1, 0.15) is 18.9 Å². The first-order valence-electron chi connectivity index (χ1n) is 5.45. The van der Waals surface area contributed by atoms with E-state index in [0.717, 1.165) is 18.4 Å². The highest BCUT2D eigenvalue weighted by molar-refractivity contribution is 5.79. The SMILES string of the molecule is CC(=O)OCCCc1ccc2[nH]ccc2c1. The fourth-order valence-corrected chi connectivity index (χ4v) is 1.75. The summed E-state index contributed by atoms with van der Waals surface area (Å²) in [6, 6.07) is 8.41. The number of aromatic amines is 1. The fraction of sp³-hybridized carbons (Fsp3) is 0.308. The van der Waals surface area contributed by atoms with E-state index in [0.29, 0.717) is 6.61 Å². The van der Waals surface area contributed by atoms with Crippen molar-refractivity contribution < 1.29 is 9.53 Å². The van der Waals surface area contributed by atoms with Gasteiger partial charge in [0.25, 0.3) is 0 Å². The van der Waals surface area contributed by atoms with Crippen molar-refractivity contribution in [3.05, 3.63) is 36.0 Å². The molecular weight excluding hydrogens is 202 g/mol. The van der Waals surface area contributed by atoms with E-state index in [1.54, 1.807) is 0 Å². The number of aromatic nitrogens is 1. The molecule has 0 atom stereocenters. The number of carbonyl (C=O) groups is 1. The summed E-state index contributed by atoms with van der Waals surface area (Å²) in [6.07, 6.45) is 3.75. The van der Waals surface area contributed by atoms with E-state index in [-0.39, 0.29) is 5.97 Å². The third-order valence-electron chi connectivity index (χ3n) is 2.53. The van der Waals surface area contributed by atoms with E-state index in [4.69, 9.17) is 4.74 Å². The van der Waals surface area contributed by atoms with Crippen molar-refractivity contribution in [1.82, 2.24) is 4.98 Å². The van der Waals surface area contributed by atoms with Crippen LogP contribution in [0.2, 0.25) is 0 Å². The number of benzene rings is 1. The van der Waals surface area contributed by atoms with Gasteiger partial charge < -0.3 is 9.72 Å². The van der Waals surface area contributed by atoms with Crippen LogP contribution in [-0.2, 0) is 16.0 Å². The van der Waals surface area contributed by atoms with Gasteiger partial charge in [0.05, 0.1) is 6.61 Å². The van der Waals surface area contributed by atoms with Crippen LogP contribution in [0, 0.1) is 0 Å². The summed E-state index contributed by atoms with van der Waals surface area (Å²) in [4.78, 5) is 13.7. The molecule has 1 N–H and O–H groups in total. The minimum Gasteiger partial charge on any atom is -0.466 e. The van der Waals surface area contributed by atoms with Gasteiger partial charge in [0.15, 0.2) is 0 Å². The Labute approximate surface area is 94.4 Å². The molecule has 0 unspecified atom stereocenters. The highest BCUT2D eigenvalue weighted by Crippen LogP contribution is 2.15. The molecule has 0 radical (unpaired) electrons. The normalized spacial score (nSPS) is 10.6. The number of esters is 1. The molecule has 0 spiro atoms. The van der Waals surface area contributed by atoms with Gasteiger partial charge in [0.1, 0.15) is 0 Å². The molecule has 2 rings (SSSR count). The van der Waals surface area contributed by atoms with Gasteiger partial charge in [-0.25, -0.2) is 0 Å². The highest BCUT2D eigenvalue weighted by atomic mass is 16.5. The van der Waals surface area contributed by atoms with Gasteiger partial charge in [-0.1, -0.05) is 6.07 Å². The molecule has 0 aliphatic carbocycles. The minimum absolute atomic E-state index is 0.207. The minimum atomic E-state index is -0.207. The average Bonchev–Trinajstić information content (AvgIpc) is 2.71. The number of hydrogen-bond donors (Lipinski definition) is 1. The maximum Gasteiger partial charge on any atom is 0.302 e. The predicted molar refractivity (Wildman–Crippen MR) is 63.3 cm³/mol. The molecule has 0 amide bonds. The first-order chi connectivity index (χ1) is 7.75. The Kier molecular flexibility index (Phi) is 3.25. The van der Waals surface area contributed by atoms with Crippen LogP contribution in [-0.4, -0.2) is 17.6 Å². The third-order valence-corrected chi connectivity index (χ3v) is 2.53. The molecule has 16 heavy (non-hydrogen) atoms. The molecular formula is C13H15NO2. The van der Waals surface area contributed by atoms with Crippen LogP contribution in [0.15, 0.2) is 30.5 Å². The lowest BCUT2D eigenvalue weighted by molar-refractivity contribution is -0.141. The second kappa shape index (κ2) is 4.84. The summed E-state index contributed by atoms with van der Waals surface area (Å²) >= 11 is 0. The van der Waals surface area contributed by atoms with Crippen LogP contribution >= 0.6 is 0 Å². The summed E-state index contributed by atoms with van der Waals surface area (Å²) in [5, 5.41) is 1.23. The number of H-pyrrole nitrogens is 1. The fourth-order valence-electron chi connectivity index (χ4n) is 1.75. The van der Waals surface area contributed by atoms with E-state index in [9.17, 15) is 4.79 Å². The van der Waals surface area contributed by atoms with Crippen molar-refractivity contribution >= 4 is 16.9 Å². The van der Waals surface area contributed by atoms with Crippen molar-refractivity contribution in [3.63, 3.8) is 0 Å². The molecule has 1 heterocycles. The van der Waals surface area contributed by atoms with Gasteiger partial charge in [-0.05, 0) is 42.0 Å². The van der Waals surface area contributed by atoms with Crippen LogP contribution in [0.3, 0.4) is 0 Å². The van der Waals surface area contributed by atoms with Crippen molar-refractivity contribution in [2.75, 3.05) is 6.61 Å². The van der Waals surface area contributed by atoms with Gasteiger partial charge >= 0.3 is 5.97 Å². The van der Waals surface area contributed by atoms with E-state index in [2.05, 4.69) is 29.2 Å². The molecule has 0 bridgehead atoms. The maximum atomic E-state index is 10.6. The Bertz CT molecular complexity index is 487. The maximum absolute atomic E-state index is 10.6. The number of ether oxygens (including phenoxy) is 1. The number of carbonyl (C=O) groups excluding carboxylic acids is 1. The monoisotopic (exact) mass is 217 g/mol. The van der Waals surface area contributed by atoms with Crippen LogP contribution < -0.4 is 0 Å². The molecule has 2 aromatic rings. The zero-order valence-electron chi connectivity index (χ0n) is 9.32. The summed E-state index contributed by atoms with van der Waals surface area (Å²) in [5.74, 6) is -0.207. The summed E-state index contributed by atoms with van der Waals surface area (Å²) < 4.78 is 4.89. The zero-order valence-corrected chi connectivity index (χ0v) is 9.32. The van der Waals surface area contributed by atoms with Gasteiger partial charge in [0, 0.05) is 18.6 Å². The van der Waals surface area contributed by atoms with Crippen LogP contribution in [0.25, 0.3) is 10.9 Å². The molecule has 0 saturated heterocycles. The molecule has 84 valence electrons. The lowest BCUT2D eigenvalue weighted by Gasteiger charge is -2.02. The Morgan fingerprint density at radius 3 is 3.06 bits per heavy atom. The lowest BCUT2D eigenvalue weighted by atomic mass is 10.1. The van der Waals surface area contributed by atoms with Gasteiger partial charge in [-0.15, -0.1) is 0 Å². The van der Waals surface area contributed by atoms with Gasteiger partial charge in [-0.2, -0.15) is 0 Å². The molecule has 3 nitrogen and oxygen atoms in total. The molecule has 3 heteroatoms. The largest absolute Gasteiger partial charge is 0.466 e. The van der Waals surface area contributed by atoms with Crippen molar-refractivity contribution in [1.29, 1.82) is 0 Å². The molecule has 0 aliphatic rings. The Balaban J connectivity index is 1.91. The Morgan fingerprint density at radius 2 is 2.25 bits per heavy atom. The van der Waals surface area contributed by atoms with E-state index < -0.39 is 0 Å².